The third-order valence-corrected chi connectivity index (χ3v) is 11.2. The zero-order chi connectivity index (χ0) is 33.1. The minimum absolute atomic E-state index is 0.0519. The van der Waals surface area contributed by atoms with E-state index in [2.05, 4.69) is 34.2 Å². The minimum atomic E-state index is -4.63. The molecule has 2 saturated heterocycles. The maximum Gasteiger partial charge on any atom is 0.356 e. The first-order chi connectivity index (χ1) is 21.7. The molecule has 2 aliphatic heterocycles. The molecular weight excluding hydrogens is 638 g/mol. The Morgan fingerprint density at radius 3 is 2.54 bits per heavy atom. The lowest BCUT2D eigenvalue weighted by atomic mass is 9.94. The highest BCUT2D eigenvalue weighted by Gasteiger charge is 2.72. The smallest absolute Gasteiger partial charge is 0.350 e. The van der Waals surface area contributed by atoms with Crippen molar-refractivity contribution in [3.63, 3.8) is 0 Å². The normalized spacial score (nSPS) is 25.1. The quantitative estimate of drug-likeness (QED) is 0.229. The molecule has 1 aromatic heterocycles. The lowest BCUT2D eigenvalue weighted by Gasteiger charge is -2.34. The molecule has 3 aromatic rings. The van der Waals surface area contributed by atoms with Crippen molar-refractivity contribution >= 4 is 53.0 Å². The van der Waals surface area contributed by atoms with Crippen LogP contribution in [0, 0.1) is 17.2 Å². The largest absolute Gasteiger partial charge is 0.356 e. The molecule has 3 fully saturated rings. The van der Waals surface area contributed by atoms with Crippen molar-refractivity contribution in [2.75, 3.05) is 39.8 Å². The molecule has 3 heterocycles. The van der Waals surface area contributed by atoms with Crippen LogP contribution in [0.4, 0.5) is 4.39 Å². The Hall–Kier alpha value is -3.19. The van der Waals surface area contributed by atoms with Crippen LogP contribution in [0.15, 0.2) is 36.4 Å². The van der Waals surface area contributed by atoms with Gasteiger partial charge in [0.1, 0.15) is 24.1 Å². The van der Waals surface area contributed by atoms with E-state index in [1.54, 1.807) is 11.0 Å². The summed E-state index contributed by atoms with van der Waals surface area (Å²) in [6.07, 6.45) is 0.432. The van der Waals surface area contributed by atoms with Gasteiger partial charge in [0.2, 0.25) is 11.8 Å². The molecular formula is C31H37ClFN6O6P. The number of carbonyl (C=O) groups excluding carboxylic acids is 3. The Morgan fingerprint density at radius 1 is 1.15 bits per heavy atom. The van der Waals surface area contributed by atoms with Gasteiger partial charge in [0.05, 0.1) is 15.8 Å². The number of halogens is 2. The van der Waals surface area contributed by atoms with E-state index in [0.29, 0.717) is 11.8 Å². The standard InChI is InChI=1S/C31H37ClFN6O6P/c1-18-29-31(18,17-37-11-9-36(3)10-12-37)14-25(30(42)34-15-20-5-4-6-23(32)27(20)33)39(29)26(41)16-38-24-13-21(46(43,44)45)7-8-22(24)28(35-38)19(2)40/h4-8,13,18,25,29H,9-12,14-17H2,1-3H3,(H,34,42)(H2,43,44,45)/t18-,25+,29+,31+/m1/s1. The van der Waals surface area contributed by atoms with Crippen molar-refractivity contribution < 1.29 is 33.1 Å². The van der Waals surface area contributed by atoms with Gasteiger partial charge in [-0.05, 0) is 43.7 Å². The van der Waals surface area contributed by atoms with Crippen LogP contribution < -0.4 is 10.6 Å². The molecule has 0 unspecified atom stereocenters. The van der Waals surface area contributed by atoms with E-state index in [-0.39, 0.29) is 63.3 Å². The second-order valence-electron chi connectivity index (χ2n) is 12.8. The van der Waals surface area contributed by atoms with Crippen LogP contribution in [-0.4, -0.2) is 104 Å². The third-order valence-electron chi connectivity index (χ3n) is 9.95. The van der Waals surface area contributed by atoms with Gasteiger partial charge in [-0.3, -0.25) is 23.6 Å². The number of carbonyl (C=O) groups is 3. The molecule has 0 spiro atoms. The van der Waals surface area contributed by atoms with E-state index in [1.165, 1.54) is 41.9 Å². The summed E-state index contributed by atoms with van der Waals surface area (Å²) in [5.74, 6) is -1.69. The van der Waals surface area contributed by atoms with Gasteiger partial charge in [0.25, 0.3) is 0 Å². The molecule has 12 nitrogen and oxygen atoms in total. The Morgan fingerprint density at radius 2 is 1.87 bits per heavy atom. The number of aromatic nitrogens is 2. The molecule has 2 aromatic carbocycles. The summed E-state index contributed by atoms with van der Waals surface area (Å²) in [7, 11) is -2.55. The Kier molecular flexibility index (Phi) is 8.62. The predicted molar refractivity (Wildman–Crippen MR) is 169 cm³/mol. The highest BCUT2D eigenvalue weighted by molar-refractivity contribution is 7.60. The summed E-state index contributed by atoms with van der Waals surface area (Å²) >= 11 is 5.94. The third kappa shape index (κ3) is 5.89. The average molecular weight is 675 g/mol. The lowest BCUT2D eigenvalue weighted by Crippen LogP contribution is -2.49. The van der Waals surface area contributed by atoms with Crippen molar-refractivity contribution in [3.8, 4) is 0 Å². The van der Waals surface area contributed by atoms with E-state index in [4.69, 9.17) is 11.6 Å². The van der Waals surface area contributed by atoms with Crippen LogP contribution in [0.2, 0.25) is 5.02 Å². The average Bonchev–Trinajstić information content (AvgIpc) is 3.28. The summed E-state index contributed by atoms with van der Waals surface area (Å²) < 4.78 is 27.9. The second-order valence-corrected chi connectivity index (χ2v) is 14.8. The van der Waals surface area contributed by atoms with Gasteiger partial charge in [0, 0.05) is 68.6 Å². The van der Waals surface area contributed by atoms with Gasteiger partial charge >= 0.3 is 7.60 Å². The molecule has 0 radical (unpaired) electrons. The first-order valence-corrected chi connectivity index (χ1v) is 17.2. The number of hydrogen-bond acceptors (Lipinski definition) is 7. The summed E-state index contributed by atoms with van der Waals surface area (Å²) in [6.45, 7) is 7.29. The van der Waals surface area contributed by atoms with Crippen LogP contribution in [0.5, 0.6) is 0 Å². The van der Waals surface area contributed by atoms with Crippen LogP contribution in [0.3, 0.4) is 0 Å². The number of benzene rings is 2. The topological polar surface area (TPSA) is 148 Å². The number of fused-ring (bicyclic) bond motifs is 2. The van der Waals surface area contributed by atoms with Crippen LogP contribution in [-0.2, 0) is 27.2 Å². The highest BCUT2D eigenvalue weighted by Crippen LogP contribution is 2.64. The van der Waals surface area contributed by atoms with E-state index in [0.717, 1.165) is 32.7 Å². The number of nitrogens with one attached hydrogen (secondary N) is 1. The molecule has 3 aliphatic rings. The number of ketones is 1. The van der Waals surface area contributed by atoms with Gasteiger partial charge < -0.3 is 29.8 Å². The van der Waals surface area contributed by atoms with E-state index < -0.39 is 31.3 Å². The maximum absolute atomic E-state index is 14.6. The van der Waals surface area contributed by atoms with Crippen molar-refractivity contribution in [2.45, 2.75) is 45.4 Å². The monoisotopic (exact) mass is 674 g/mol. The second kappa shape index (κ2) is 12.1. The molecule has 246 valence electrons. The summed E-state index contributed by atoms with van der Waals surface area (Å²) in [5, 5.41) is 7.21. The fraction of sp³-hybridized carbons (Fsp3) is 0.484. The molecule has 3 N–H and O–H groups in total. The fourth-order valence-corrected chi connectivity index (χ4v) is 8.09. The number of likely N-dealkylation sites (tertiary alicyclic amines) is 1. The highest BCUT2D eigenvalue weighted by atomic mass is 35.5. The number of nitrogens with zero attached hydrogens (tertiary/aromatic N) is 5. The zero-order valence-corrected chi connectivity index (χ0v) is 27.5. The van der Waals surface area contributed by atoms with Crippen LogP contribution in [0.1, 0.15) is 36.3 Å². The minimum Gasteiger partial charge on any atom is -0.350 e. The van der Waals surface area contributed by atoms with Crippen molar-refractivity contribution in [3.05, 3.63) is 58.5 Å². The summed E-state index contributed by atoms with van der Waals surface area (Å²) in [5.41, 5.74) is 0.217. The molecule has 15 heteroatoms. The summed E-state index contributed by atoms with van der Waals surface area (Å²) in [6, 6.07) is 7.41. The Labute approximate surface area is 270 Å². The number of amides is 2. The zero-order valence-electron chi connectivity index (χ0n) is 25.8. The van der Waals surface area contributed by atoms with E-state index in [9.17, 15) is 33.1 Å². The number of Topliss-reactive ketones (excluding diaryl/α,β-unsaturated/α-hetero) is 1. The van der Waals surface area contributed by atoms with Gasteiger partial charge in [-0.2, -0.15) is 5.10 Å². The molecule has 0 bridgehead atoms. The molecule has 46 heavy (non-hydrogen) atoms. The Bertz CT molecular complexity index is 1770. The Balaban J connectivity index is 1.30. The van der Waals surface area contributed by atoms with Gasteiger partial charge in [-0.1, -0.05) is 30.7 Å². The van der Waals surface area contributed by atoms with Crippen molar-refractivity contribution in [2.24, 2.45) is 11.3 Å². The fourth-order valence-electron chi connectivity index (χ4n) is 7.34. The molecule has 2 amide bonds. The first kappa shape index (κ1) is 32.7. The molecule has 4 atom stereocenters. The number of rotatable bonds is 9. The van der Waals surface area contributed by atoms with E-state index in [1.807, 2.05) is 0 Å². The van der Waals surface area contributed by atoms with Crippen molar-refractivity contribution in [1.29, 1.82) is 0 Å². The SMILES string of the molecule is CC(=O)c1nn(CC(=O)N2[C@H]3[C@@H](C)[C@@]3(CN3CCN(C)CC3)C[C@H]2C(=O)NCc2cccc(Cl)c2F)c2cc(P(=O)(O)O)ccc12. The van der Waals surface area contributed by atoms with Crippen molar-refractivity contribution in [1.82, 2.24) is 29.8 Å². The number of likely N-dealkylation sites (N-methyl/N-ethyl adjacent to an activating group) is 1. The molecule has 6 rings (SSSR count). The van der Waals surface area contributed by atoms with Gasteiger partial charge in [-0.25, -0.2) is 4.39 Å². The van der Waals surface area contributed by atoms with Crippen LogP contribution in [0.25, 0.3) is 10.9 Å². The van der Waals surface area contributed by atoms with Gasteiger partial charge in [0.15, 0.2) is 5.78 Å². The lowest BCUT2D eigenvalue weighted by molar-refractivity contribution is -0.140. The van der Waals surface area contributed by atoms with E-state index >= 15 is 0 Å². The number of hydrogen-bond donors (Lipinski definition) is 3. The number of piperidine rings is 1. The predicted octanol–water partition coefficient (Wildman–Crippen LogP) is 2.00. The molecule has 1 aliphatic carbocycles. The van der Waals surface area contributed by atoms with Crippen LogP contribution >= 0.6 is 19.2 Å². The molecule has 1 saturated carbocycles. The van der Waals surface area contributed by atoms with Gasteiger partial charge in [-0.15, -0.1) is 0 Å². The summed E-state index contributed by atoms with van der Waals surface area (Å²) in [4.78, 5) is 66.2. The maximum atomic E-state index is 14.6. The first-order valence-electron chi connectivity index (χ1n) is 15.2. The number of piperazine rings is 1.